The third kappa shape index (κ3) is 4.54. The average molecular weight is 287 g/mol. The van der Waals surface area contributed by atoms with Crippen molar-refractivity contribution in [1.82, 2.24) is 5.32 Å². The number of nitrogens with zero attached hydrogens (tertiary/aromatic N) is 2. The first-order valence-electron chi connectivity index (χ1n) is 5.81. The molecule has 0 bridgehead atoms. The Morgan fingerprint density at radius 1 is 1.45 bits per heavy atom. The number of benzene rings is 1. The zero-order valence-electron chi connectivity index (χ0n) is 10.9. The molecule has 0 aliphatic heterocycles. The van der Waals surface area contributed by atoms with E-state index in [9.17, 15) is 13.2 Å². The first-order valence-corrected chi connectivity index (χ1v) is 5.81. The molecular weight excluding hydrogens is 271 g/mol. The lowest BCUT2D eigenvalue weighted by molar-refractivity contribution is -0.137. The van der Waals surface area contributed by atoms with E-state index in [4.69, 9.17) is 11.5 Å². The van der Waals surface area contributed by atoms with Crippen LogP contribution in [-0.4, -0.2) is 19.0 Å². The van der Waals surface area contributed by atoms with E-state index in [2.05, 4.69) is 15.3 Å². The second kappa shape index (κ2) is 6.90. The highest BCUT2D eigenvalue weighted by atomic mass is 19.4. The number of aliphatic imine (C=N–C) groups is 2. The largest absolute Gasteiger partial charge is 0.416 e. The van der Waals surface area contributed by atoms with E-state index in [1.165, 1.54) is 6.07 Å². The molecule has 20 heavy (non-hydrogen) atoms. The van der Waals surface area contributed by atoms with Crippen molar-refractivity contribution in [3.05, 3.63) is 35.4 Å². The van der Waals surface area contributed by atoms with Crippen molar-refractivity contribution in [3.63, 3.8) is 0 Å². The van der Waals surface area contributed by atoms with Crippen molar-refractivity contribution >= 4 is 12.3 Å². The van der Waals surface area contributed by atoms with Crippen molar-refractivity contribution in [1.29, 1.82) is 0 Å². The summed E-state index contributed by atoms with van der Waals surface area (Å²) >= 11 is 0. The molecule has 0 aliphatic carbocycles. The molecule has 0 amide bonds. The predicted molar refractivity (Wildman–Crippen MR) is 72.2 cm³/mol. The summed E-state index contributed by atoms with van der Waals surface area (Å²) in [7, 11) is 0. The first kappa shape index (κ1) is 16.0. The standard InChI is InChI=1S/C12H16F3N5/c1-8(20-11(18-6-16)19-7-17)9-3-2-4-10(5-9)12(13,14)15/h2-6,8H,7,17H2,1H3,(H3,16,18,19,20). The van der Waals surface area contributed by atoms with Crippen LogP contribution in [0.4, 0.5) is 13.2 Å². The molecule has 5 nitrogen and oxygen atoms in total. The van der Waals surface area contributed by atoms with E-state index >= 15 is 0 Å². The van der Waals surface area contributed by atoms with Gasteiger partial charge in [-0.2, -0.15) is 13.2 Å². The minimum Gasteiger partial charge on any atom is -0.390 e. The van der Waals surface area contributed by atoms with E-state index in [0.29, 0.717) is 5.56 Å². The summed E-state index contributed by atoms with van der Waals surface area (Å²) in [5.41, 5.74) is 10.2. The monoisotopic (exact) mass is 287 g/mol. The number of halogens is 3. The highest BCUT2D eigenvalue weighted by Gasteiger charge is 2.30. The maximum Gasteiger partial charge on any atom is 0.416 e. The molecule has 0 aliphatic rings. The van der Waals surface area contributed by atoms with Crippen molar-refractivity contribution in [2.75, 3.05) is 6.67 Å². The van der Waals surface area contributed by atoms with Gasteiger partial charge in [0.2, 0.25) is 5.96 Å². The summed E-state index contributed by atoms with van der Waals surface area (Å²) in [6, 6.07) is 4.60. The van der Waals surface area contributed by atoms with Gasteiger partial charge in [0.05, 0.1) is 24.6 Å². The van der Waals surface area contributed by atoms with E-state index in [1.807, 2.05) is 0 Å². The smallest absolute Gasteiger partial charge is 0.390 e. The number of hydrogen-bond acceptors (Lipinski definition) is 2. The third-order valence-corrected chi connectivity index (χ3v) is 2.50. The van der Waals surface area contributed by atoms with Gasteiger partial charge in [-0.05, 0) is 24.6 Å². The Morgan fingerprint density at radius 3 is 2.70 bits per heavy atom. The number of nitrogens with one attached hydrogen (secondary N) is 1. The van der Waals surface area contributed by atoms with Crippen LogP contribution in [0.25, 0.3) is 0 Å². The summed E-state index contributed by atoms with van der Waals surface area (Å²) in [5, 5.41) is 2.84. The molecule has 0 saturated carbocycles. The van der Waals surface area contributed by atoms with Gasteiger partial charge in [0.25, 0.3) is 0 Å². The fourth-order valence-corrected chi connectivity index (χ4v) is 1.54. The second-order valence-electron chi connectivity index (χ2n) is 3.93. The van der Waals surface area contributed by atoms with E-state index in [1.54, 1.807) is 13.0 Å². The number of rotatable bonds is 3. The lowest BCUT2D eigenvalue weighted by Crippen LogP contribution is -2.27. The van der Waals surface area contributed by atoms with Crippen LogP contribution < -0.4 is 16.8 Å². The van der Waals surface area contributed by atoms with Gasteiger partial charge in [-0.1, -0.05) is 12.1 Å². The van der Waals surface area contributed by atoms with Gasteiger partial charge in [-0.15, -0.1) is 0 Å². The van der Waals surface area contributed by atoms with Crippen LogP contribution in [0.5, 0.6) is 0 Å². The Labute approximate surface area is 114 Å². The molecule has 0 radical (unpaired) electrons. The maximum atomic E-state index is 12.6. The zero-order chi connectivity index (χ0) is 15.2. The van der Waals surface area contributed by atoms with Crippen LogP contribution in [0, 0.1) is 0 Å². The summed E-state index contributed by atoms with van der Waals surface area (Å²) in [4.78, 5) is 7.57. The minimum atomic E-state index is -4.38. The van der Waals surface area contributed by atoms with Crippen molar-refractivity contribution in [2.45, 2.75) is 19.1 Å². The molecule has 1 atom stereocenters. The van der Waals surface area contributed by atoms with Gasteiger partial charge >= 0.3 is 6.18 Å². The van der Waals surface area contributed by atoms with Crippen LogP contribution in [-0.2, 0) is 6.18 Å². The number of alkyl halides is 3. The van der Waals surface area contributed by atoms with E-state index in [-0.39, 0.29) is 12.6 Å². The molecular formula is C12H16F3N5. The van der Waals surface area contributed by atoms with Gasteiger partial charge in [-0.3, -0.25) is 0 Å². The fourth-order valence-electron chi connectivity index (χ4n) is 1.54. The van der Waals surface area contributed by atoms with Gasteiger partial charge in [0.15, 0.2) is 0 Å². The number of nitrogens with two attached hydrogens (primary N) is 2. The van der Waals surface area contributed by atoms with Crippen LogP contribution in [0.15, 0.2) is 34.3 Å². The minimum absolute atomic E-state index is 0.00498. The molecule has 5 N–H and O–H groups in total. The van der Waals surface area contributed by atoms with Crippen LogP contribution in [0.3, 0.4) is 0 Å². The summed E-state index contributed by atoms with van der Waals surface area (Å²) in [5.74, 6) is 0.167. The van der Waals surface area contributed by atoms with Crippen LogP contribution in [0.1, 0.15) is 24.1 Å². The molecule has 8 heteroatoms. The normalized spacial score (nSPS) is 14.6. The molecule has 1 unspecified atom stereocenters. The molecule has 110 valence electrons. The number of hydrogen-bond donors (Lipinski definition) is 3. The first-order chi connectivity index (χ1) is 9.38. The summed E-state index contributed by atoms with van der Waals surface area (Å²) < 4.78 is 37.9. The SMILES string of the molecule is CC(NC(/N=C\N)=N/CN)c1cccc(C(F)(F)F)c1. The molecule has 0 aromatic heterocycles. The van der Waals surface area contributed by atoms with Crippen molar-refractivity contribution < 1.29 is 13.2 Å². The van der Waals surface area contributed by atoms with Gasteiger partial charge < -0.3 is 16.8 Å². The van der Waals surface area contributed by atoms with Crippen LogP contribution in [0.2, 0.25) is 0 Å². The molecule has 0 fully saturated rings. The lowest BCUT2D eigenvalue weighted by atomic mass is 10.1. The third-order valence-electron chi connectivity index (χ3n) is 2.50. The average Bonchev–Trinajstić information content (AvgIpc) is 2.38. The van der Waals surface area contributed by atoms with Crippen LogP contribution >= 0.6 is 0 Å². The fraction of sp³-hybridized carbons (Fsp3) is 0.333. The van der Waals surface area contributed by atoms with E-state index in [0.717, 1.165) is 18.5 Å². The molecule has 0 heterocycles. The summed E-state index contributed by atoms with van der Waals surface area (Å²) in [6.07, 6.45) is -3.35. The predicted octanol–water partition coefficient (Wildman–Crippen LogP) is 1.62. The Hall–Kier alpha value is -2.09. The van der Waals surface area contributed by atoms with Gasteiger partial charge in [0, 0.05) is 0 Å². The highest BCUT2D eigenvalue weighted by molar-refractivity contribution is 5.87. The lowest BCUT2D eigenvalue weighted by Gasteiger charge is -2.16. The van der Waals surface area contributed by atoms with Gasteiger partial charge in [0.1, 0.15) is 0 Å². The molecule has 1 rings (SSSR count). The number of guanidine groups is 1. The Kier molecular flexibility index (Phi) is 5.51. The highest BCUT2D eigenvalue weighted by Crippen LogP contribution is 2.30. The quantitative estimate of drug-likeness (QED) is 0.583. The van der Waals surface area contributed by atoms with Crippen molar-refractivity contribution in [2.24, 2.45) is 21.5 Å². The second-order valence-corrected chi connectivity index (χ2v) is 3.93. The topological polar surface area (TPSA) is 88.8 Å². The van der Waals surface area contributed by atoms with Crippen molar-refractivity contribution in [3.8, 4) is 0 Å². The van der Waals surface area contributed by atoms with E-state index < -0.39 is 17.8 Å². The Balaban J connectivity index is 2.92. The Morgan fingerprint density at radius 2 is 2.15 bits per heavy atom. The molecule has 0 saturated heterocycles. The summed E-state index contributed by atoms with van der Waals surface area (Å²) in [6.45, 7) is 1.68. The maximum absolute atomic E-state index is 12.6. The molecule has 1 aromatic rings. The molecule has 0 spiro atoms. The molecule has 1 aromatic carbocycles. The van der Waals surface area contributed by atoms with Gasteiger partial charge in [-0.25, -0.2) is 9.98 Å². The Bertz CT molecular complexity index is 496. The zero-order valence-corrected chi connectivity index (χ0v) is 10.9.